The summed E-state index contributed by atoms with van der Waals surface area (Å²) >= 11 is 5.42. The molecule has 0 aliphatic carbocycles. The number of rotatable bonds is 5. The van der Waals surface area contributed by atoms with Crippen molar-refractivity contribution in [2.45, 2.75) is 13.3 Å². The molecule has 5 heteroatoms. The fraction of sp³-hybridized carbons (Fsp3) is 0.333. The lowest BCUT2D eigenvalue weighted by molar-refractivity contribution is 0.0521. The Labute approximate surface area is 104 Å². The van der Waals surface area contributed by atoms with Gasteiger partial charge in [-0.05, 0) is 19.1 Å². The Morgan fingerprint density at radius 1 is 1.35 bits per heavy atom. The maximum Gasteiger partial charge on any atom is 0.341 e. The zero-order valence-corrected chi connectivity index (χ0v) is 10.1. The van der Waals surface area contributed by atoms with Crippen molar-refractivity contribution in [3.63, 3.8) is 0 Å². The first kappa shape index (κ1) is 13.6. The highest BCUT2D eigenvalue weighted by Crippen LogP contribution is 2.16. The maximum atomic E-state index is 13.9. The highest BCUT2D eigenvalue weighted by molar-refractivity contribution is 6.19. The molecule has 0 spiro atoms. The number of alkyl halides is 1. The van der Waals surface area contributed by atoms with Crippen LogP contribution in [0.4, 0.5) is 4.39 Å². The van der Waals surface area contributed by atoms with Gasteiger partial charge in [0.1, 0.15) is 5.82 Å². The number of benzene rings is 1. The first-order valence-corrected chi connectivity index (χ1v) is 5.70. The Bertz CT molecular complexity index is 396. The van der Waals surface area contributed by atoms with Gasteiger partial charge in [-0.2, -0.15) is 0 Å². The number of ether oxygens (including phenoxy) is 1. The van der Waals surface area contributed by atoms with Crippen LogP contribution < -0.4 is 0 Å². The lowest BCUT2D eigenvalue weighted by Gasteiger charge is -2.06. The molecule has 0 saturated carbocycles. The Kier molecular flexibility index (Phi) is 5.10. The lowest BCUT2D eigenvalue weighted by atomic mass is 10.0. The highest BCUT2D eigenvalue weighted by atomic mass is 35.5. The molecule has 0 fully saturated rings. The molecule has 0 atom stereocenters. The van der Waals surface area contributed by atoms with E-state index in [4.69, 9.17) is 11.6 Å². The summed E-state index contributed by atoms with van der Waals surface area (Å²) in [4.78, 5) is 22.9. The van der Waals surface area contributed by atoms with Crippen LogP contribution in [0.2, 0.25) is 0 Å². The topological polar surface area (TPSA) is 43.4 Å². The van der Waals surface area contributed by atoms with E-state index in [0.717, 1.165) is 0 Å². The summed E-state index contributed by atoms with van der Waals surface area (Å²) < 4.78 is 18.5. The van der Waals surface area contributed by atoms with Gasteiger partial charge < -0.3 is 4.74 Å². The van der Waals surface area contributed by atoms with E-state index in [9.17, 15) is 14.0 Å². The van der Waals surface area contributed by atoms with Crippen LogP contribution in [0.1, 0.15) is 34.1 Å². The Balaban J connectivity index is 3.07. The summed E-state index contributed by atoms with van der Waals surface area (Å²) in [7, 11) is 0. The summed E-state index contributed by atoms with van der Waals surface area (Å²) in [6.45, 7) is 1.77. The summed E-state index contributed by atoms with van der Waals surface area (Å²) in [6, 6.07) is 4.05. The summed E-state index contributed by atoms with van der Waals surface area (Å²) in [6.07, 6.45) is 0.0325. The zero-order valence-electron chi connectivity index (χ0n) is 9.33. The van der Waals surface area contributed by atoms with Crippen LogP contribution in [-0.2, 0) is 4.74 Å². The number of esters is 1. The average Bonchev–Trinajstić information content (AvgIpc) is 2.29. The molecular weight excluding hydrogens is 247 g/mol. The molecule has 3 nitrogen and oxygen atoms in total. The van der Waals surface area contributed by atoms with Crippen LogP contribution in [0, 0.1) is 5.82 Å². The smallest absolute Gasteiger partial charge is 0.341 e. The predicted molar refractivity (Wildman–Crippen MR) is 62.0 cm³/mol. The van der Waals surface area contributed by atoms with Crippen molar-refractivity contribution < 1.29 is 18.7 Å². The van der Waals surface area contributed by atoms with Gasteiger partial charge in [0.05, 0.1) is 17.7 Å². The van der Waals surface area contributed by atoms with Gasteiger partial charge in [-0.1, -0.05) is 6.07 Å². The van der Waals surface area contributed by atoms with E-state index in [1.54, 1.807) is 6.92 Å². The number of carbonyl (C=O) groups is 2. The normalized spacial score (nSPS) is 10.1. The number of halogens is 2. The van der Waals surface area contributed by atoms with E-state index >= 15 is 0 Å². The minimum atomic E-state index is -0.846. The van der Waals surface area contributed by atoms with Gasteiger partial charge in [0.25, 0.3) is 0 Å². The molecule has 0 aliphatic heterocycles. The van der Waals surface area contributed by atoms with Crippen LogP contribution in [0.25, 0.3) is 0 Å². The van der Waals surface area contributed by atoms with Crippen molar-refractivity contribution in [1.82, 2.24) is 0 Å². The molecule has 0 N–H and O–H groups in total. The minimum Gasteiger partial charge on any atom is -0.462 e. The van der Waals surface area contributed by atoms with Crippen LogP contribution >= 0.6 is 11.6 Å². The second-order valence-corrected chi connectivity index (χ2v) is 3.63. The van der Waals surface area contributed by atoms with Crippen molar-refractivity contribution in [2.75, 3.05) is 12.5 Å². The third-order valence-corrected chi connectivity index (χ3v) is 2.31. The summed E-state index contributed by atoms with van der Waals surface area (Å²) in [5.74, 6) is -1.93. The molecule has 0 amide bonds. The highest BCUT2D eigenvalue weighted by Gasteiger charge is 2.19. The van der Waals surface area contributed by atoms with Crippen molar-refractivity contribution >= 4 is 23.4 Å². The number of hydrogen-bond donors (Lipinski definition) is 0. The number of Topliss-reactive ketones (excluding diaryl/α,β-unsaturated/α-hetero) is 1. The van der Waals surface area contributed by atoms with Gasteiger partial charge >= 0.3 is 5.97 Å². The second-order valence-electron chi connectivity index (χ2n) is 3.25. The van der Waals surface area contributed by atoms with Crippen LogP contribution in [0.5, 0.6) is 0 Å². The molecule has 0 aliphatic rings. The van der Waals surface area contributed by atoms with Crippen molar-refractivity contribution in [1.29, 1.82) is 0 Å². The Morgan fingerprint density at radius 2 is 2.00 bits per heavy atom. The monoisotopic (exact) mass is 258 g/mol. The quantitative estimate of drug-likeness (QED) is 0.463. The number of ketones is 1. The van der Waals surface area contributed by atoms with Gasteiger partial charge in [0, 0.05) is 12.3 Å². The lowest BCUT2D eigenvalue weighted by Crippen LogP contribution is -2.11. The van der Waals surface area contributed by atoms with Crippen molar-refractivity contribution in [2.24, 2.45) is 0 Å². The summed E-state index contributed by atoms with van der Waals surface area (Å²) in [5.41, 5.74) is -0.358. The zero-order chi connectivity index (χ0) is 12.8. The maximum absolute atomic E-state index is 13.9. The number of carbonyl (C=O) groups excluding carboxylic acids is 2. The SMILES string of the molecule is CCOC(=O)c1cccc(C(=O)CCCl)c1F. The molecule has 0 aromatic heterocycles. The third kappa shape index (κ3) is 3.27. The van der Waals surface area contributed by atoms with E-state index in [1.165, 1.54) is 18.2 Å². The Hall–Kier alpha value is -1.42. The van der Waals surface area contributed by atoms with E-state index < -0.39 is 17.6 Å². The van der Waals surface area contributed by atoms with Gasteiger partial charge in [-0.3, -0.25) is 4.79 Å². The average molecular weight is 259 g/mol. The van der Waals surface area contributed by atoms with Crippen LogP contribution in [0.3, 0.4) is 0 Å². The molecule has 0 heterocycles. The fourth-order valence-electron chi connectivity index (χ4n) is 1.33. The standard InChI is InChI=1S/C12H12ClFO3/c1-2-17-12(16)9-5-3-4-8(11(9)14)10(15)6-7-13/h3-5H,2,6-7H2,1H3. The Morgan fingerprint density at radius 3 is 2.59 bits per heavy atom. The van der Waals surface area contributed by atoms with E-state index in [2.05, 4.69) is 4.74 Å². The van der Waals surface area contributed by atoms with Gasteiger partial charge in [0.15, 0.2) is 5.78 Å². The fourth-order valence-corrected chi connectivity index (χ4v) is 1.51. The van der Waals surface area contributed by atoms with Crippen LogP contribution in [-0.4, -0.2) is 24.2 Å². The number of hydrogen-bond acceptors (Lipinski definition) is 3. The molecule has 1 rings (SSSR count). The molecular formula is C12H12ClFO3. The van der Waals surface area contributed by atoms with Crippen molar-refractivity contribution in [3.8, 4) is 0 Å². The third-order valence-electron chi connectivity index (χ3n) is 2.12. The first-order valence-electron chi connectivity index (χ1n) is 5.16. The van der Waals surface area contributed by atoms with E-state index in [-0.39, 0.29) is 30.0 Å². The van der Waals surface area contributed by atoms with Crippen LogP contribution in [0.15, 0.2) is 18.2 Å². The van der Waals surface area contributed by atoms with Gasteiger partial charge in [0.2, 0.25) is 0 Å². The first-order chi connectivity index (χ1) is 8.11. The van der Waals surface area contributed by atoms with E-state index in [1.807, 2.05) is 0 Å². The molecule has 0 bridgehead atoms. The molecule has 1 aromatic carbocycles. The van der Waals surface area contributed by atoms with Crippen molar-refractivity contribution in [3.05, 3.63) is 35.1 Å². The molecule has 1 aromatic rings. The molecule has 0 unspecified atom stereocenters. The molecule has 0 radical (unpaired) electrons. The largest absolute Gasteiger partial charge is 0.462 e. The minimum absolute atomic E-state index is 0.0325. The second kappa shape index (κ2) is 6.35. The van der Waals surface area contributed by atoms with Gasteiger partial charge in [-0.15, -0.1) is 11.6 Å². The molecule has 17 heavy (non-hydrogen) atoms. The molecule has 92 valence electrons. The van der Waals surface area contributed by atoms with Gasteiger partial charge in [-0.25, -0.2) is 9.18 Å². The predicted octanol–water partition coefficient (Wildman–Crippen LogP) is 2.81. The van der Waals surface area contributed by atoms with E-state index in [0.29, 0.717) is 0 Å². The molecule has 0 saturated heterocycles. The summed E-state index contributed by atoms with van der Waals surface area (Å²) in [5, 5.41) is 0.